The third-order valence-electron chi connectivity index (χ3n) is 6.47. The molecule has 0 aromatic carbocycles. The van der Waals surface area contributed by atoms with Crippen molar-refractivity contribution in [3.05, 3.63) is 30.1 Å². The van der Waals surface area contributed by atoms with Crippen LogP contribution in [0.3, 0.4) is 0 Å². The number of pyridine rings is 1. The van der Waals surface area contributed by atoms with Gasteiger partial charge in [-0.25, -0.2) is 0 Å². The van der Waals surface area contributed by atoms with Crippen molar-refractivity contribution >= 4 is 11.8 Å². The molecule has 0 spiro atoms. The van der Waals surface area contributed by atoms with Crippen LogP contribution in [0.15, 0.2) is 24.5 Å². The minimum Gasteiger partial charge on any atom is -0.349 e. The molecule has 0 radical (unpaired) electrons. The first-order chi connectivity index (χ1) is 12.7. The predicted molar refractivity (Wildman–Crippen MR) is 99.6 cm³/mol. The average molecular weight is 355 g/mol. The lowest BCUT2D eigenvalue weighted by Gasteiger charge is -2.41. The Labute approximate surface area is 155 Å². The van der Waals surface area contributed by atoms with Gasteiger partial charge in [-0.1, -0.05) is 25.7 Å². The number of rotatable bonds is 3. The zero-order valence-corrected chi connectivity index (χ0v) is 15.4. The number of amides is 2. The van der Waals surface area contributed by atoms with Crippen LogP contribution in [0.4, 0.5) is 0 Å². The Morgan fingerprint density at radius 1 is 0.923 bits per heavy atom. The fraction of sp³-hybridized carbons (Fsp3) is 0.667. The van der Waals surface area contributed by atoms with E-state index in [9.17, 15) is 9.59 Å². The van der Waals surface area contributed by atoms with Crippen LogP contribution in [0.2, 0.25) is 0 Å². The van der Waals surface area contributed by atoms with Gasteiger partial charge in [0.2, 0.25) is 5.91 Å². The molecule has 1 N–H and O–H groups in total. The topological polar surface area (TPSA) is 62.3 Å². The molecular weight excluding hydrogens is 326 g/mol. The molecule has 1 aromatic heterocycles. The molecule has 3 fully saturated rings. The quantitative estimate of drug-likeness (QED) is 0.846. The van der Waals surface area contributed by atoms with E-state index in [1.54, 1.807) is 24.5 Å². The fourth-order valence-corrected chi connectivity index (χ4v) is 5.16. The SMILES string of the molecule is O=C(NC1C[C@H]2CC[C@@H](C1)N2C(=O)C1CCCCCC1)c1ccncc1. The number of piperidine rings is 1. The van der Waals surface area contributed by atoms with Gasteiger partial charge in [0.25, 0.3) is 5.91 Å². The van der Waals surface area contributed by atoms with Gasteiger partial charge in [-0.15, -0.1) is 0 Å². The van der Waals surface area contributed by atoms with Gasteiger partial charge in [0.1, 0.15) is 0 Å². The number of nitrogens with zero attached hydrogens (tertiary/aromatic N) is 2. The second-order valence-electron chi connectivity index (χ2n) is 8.20. The summed E-state index contributed by atoms with van der Waals surface area (Å²) in [7, 11) is 0. The van der Waals surface area contributed by atoms with Crippen LogP contribution in [0, 0.1) is 5.92 Å². The number of fused-ring (bicyclic) bond motifs is 2. The van der Waals surface area contributed by atoms with Crippen molar-refractivity contribution in [1.29, 1.82) is 0 Å². The minimum absolute atomic E-state index is 0.0275. The zero-order chi connectivity index (χ0) is 17.9. The summed E-state index contributed by atoms with van der Waals surface area (Å²) in [5.74, 6) is 0.613. The minimum atomic E-state index is -0.0275. The Kier molecular flexibility index (Phi) is 5.23. The highest BCUT2D eigenvalue weighted by molar-refractivity contribution is 5.94. The van der Waals surface area contributed by atoms with Crippen molar-refractivity contribution in [2.24, 2.45) is 5.92 Å². The average Bonchev–Trinajstić information content (AvgIpc) is 2.86. The molecule has 1 unspecified atom stereocenters. The zero-order valence-electron chi connectivity index (χ0n) is 15.4. The highest BCUT2D eigenvalue weighted by atomic mass is 16.2. The highest BCUT2D eigenvalue weighted by Crippen LogP contribution is 2.38. The first-order valence-corrected chi connectivity index (χ1v) is 10.3. The molecular formula is C21H29N3O2. The van der Waals surface area contributed by atoms with Crippen LogP contribution in [0.25, 0.3) is 0 Å². The summed E-state index contributed by atoms with van der Waals surface area (Å²) in [6, 6.07) is 4.29. The number of carbonyl (C=O) groups excluding carboxylic acids is 2. The summed E-state index contributed by atoms with van der Waals surface area (Å²) in [5.41, 5.74) is 0.657. The van der Waals surface area contributed by atoms with Gasteiger partial charge >= 0.3 is 0 Å². The Morgan fingerprint density at radius 2 is 1.54 bits per heavy atom. The molecule has 2 saturated heterocycles. The molecule has 2 amide bonds. The Balaban J connectivity index is 1.38. The largest absolute Gasteiger partial charge is 0.349 e. The number of nitrogens with one attached hydrogen (secondary N) is 1. The van der Waals surface area contributed by atoms with Crippen LogP contribution in [-0.2, 0) is 4.79 Å². The van der Waals surface area contributed by atoms with Crippen molar-refractivity contribution in [3.8, 4) is 0 Å². The van der Waals surface area contributed by atoms with Crippen molar-refractivity contribution in [3.63, 3.8) is 0 Å². The van der Waals surface area contributed by atoms with E-state index < -0.39 is 0 Å². The first kappa shape index (κ1) is 17.5. The van der Waals surface area contributed by atoms with Gasteiger partial charge in [-0.3, -0.25) is 14.6 Å². The van der Waals surface area contributed by atoms with Crippen molar-refractivity contribution in [1.82, 2.24) is 15.2 Å². The summed E-state index contributed by atoms with van der Waals surface area (Å²) in [5, 5.41) is 3.18. The van der Waals surface area contributed by atoms with E-state index in [-0.39, 0.29) is 17.9 Å². The second kappa shape index (κ2) is 7.77. The molecule has 3 aliphatic rings. The van der Waals surface area contributed by atoms with Crippen LogP contribution in [-0.4, -0.2) is 39.8 Å². The maximum Gasteiger partial charge on any atom is 0.251 e. The normalized spacial score (nSPS) is 29.2. The molecule has 2 bridgehead atoms. The van der Waals surface area contributed by atoms with Gasteiger partial charge in [0.05, 0.1) is 0 Å². The summed E-state index contributed by atoms with van der Waals surface area (Å²) >= 11 is 0. The van der Waals surface area contributed by atoms with Gasteiger partial charge in [-0.2, -0.15) is 0 Å². The van der Waals surface area contributed by atoms with Crippen LogP contribution >= 0.6 is 0 Å². The molecule has 1 aliphatic carbocycles. The standard InChI is InChI=1S/C21H29N3O2/c25-20(15-9-11-22-12-10-15)23-17-13-18-7-8-19(14-17)24(18)21(26)16-5-3-1-2-4-6-16/h9-12,16-19H,1-8,13-14H2,(H,23,25)/t17?,18-,19+. The number of carbonyl (C=O) groups is 2. The number of aromatic nitrogens is 1. The summed E-state index contributed by atoms with van der Waals surface area (Å²) in [6.45, 7) is 0. The monoisotopic (exact) mass is 355 g/mol. The second-order valence-corrected chi connectivity index (χ2v) is 8.20. The number of hydrogen-bond acceptors (Lipinski definition) is 3. The summed E-state index contributed by atoms with van der Waals surface area (Å²) in [6.07, 6.45) is 14.3. The molecule has 5 heteroatoms. The fourth-order valence-electron chi connectivity index (χ4n) is 5.16. The van der Waals surface area contributed by atoms with E-state index in [1.165, 1.54) is 25.7 Å². The lowest BCUT2D eigenvalue weighted by molar-refractivity contribution is -0.140. The van der Waals surface area contributed by atoms with Gasteiger partial charge in [0.15, 0.2) is 0 Å². The lowest BCUT2D eigenvalue weighted by Crippen LogP contribution is -2.53. The molecule has 1 saturated carbocycles. The van der Waals surface area contributed by atoms with Crippen LogP contribution < -0.4 is 5.32 Å². The molecule has 3 heterocycles. The highest BCUT2D eigenvalue weighted by Gasteiger charge is 2.45. The van der Waals surface area contributed by atoms with E-state index in [0.717, 1.165) is 38.5 Å². The Hall–Kier alpha value is -1.91. The summed E-state index contributed by atoms with van der Waals surface area (Å²) < 4.78 is 0. The molecule has 5 nitrogen and oxygen atoms in total. The van der Waals surface area contributed by atoms with E-state index in [1.807, 2.05) is 0 Å². The predicted octanol–water partition coefficient (Wildman–Crippen LogP) is 3.30. The van der Waals surface area contributed by atoms with Gasteiger partial charge in [-0.05, 0) is 50.7 Å². The Morgan fingerprint density at radius 3 is 2.15 bits per heavy atom. The molecule has 3 atom stereocenters. The maximum atomic E-state index is 13.1. The summed E-state index contributed by atoms with van der Waals surface area (Å²) in [4.78, 5) is 31.8. The third-order valence-corrected chi connectivity index (χ3v) is 6.47. The van der Waals surface area contributed by atoms with E-state index in [4.69, 9.17) is 0 Å². The van der Waals surface area contributed by atoms with Crippen LogP contribution in [0.5, 0.6) is 0 Å². The van der Waals surface area contributed by atoms with E-state index >= 15 is 0 Å². The van der Waals surface area contributed by atoms with Gasteiger partial charge in [0, 0.05) is 42.0 Å². The number of hydrogen-bond donors (Lipinski definition) is 1. The lowest BCUT2D eigenvalue weighted by atomic mass is 9.92. The smallest absolute Gasteiger partial charge is 0.251 e. The maximum absolute atomic E-state index is 13.1. The molecule has 140 valence electrons. The van der Waals surface area contributed by atoms with E-state index in [2.05, 4.69) is 15.2 Å². The van der Waals surface area contributed by atoms with Crippen molar-refractivity contribution in [2.75, 3.05) is 0 Å². The third kappa shape index (κ3) is 3.62. The molecule has 26 heavy (non-hydrogen) atoms. The van der Waals surface area contributed by atoms with Crippen molar-refractivity contribution in [2.45, 2.75) is 82.3 Å². The van der Waals surface area contributed by atoms with E-state index in [0.29, 0.717) is 23.6 Å². The molecule has 4 rings (SSSR count). The first-order valence-electron chi connectivity index (χ1n) is 10.3. The molecule has 1 aromatic rings. The van der Waals surface area contributed by atoms with Crippen molar-refractivity contribution < 1.29 is 9.59 Å². The van der Waals surface area contributed by atoms with Gasteiger partial charge < -0.3 is 10.2 Å². The van der Waals surface area contributed by atoms with Crippen LogP contribution in [0.1, 0.15) is 74.6 Å². The Bertz CT molecular complexity index is 626. The molecule has 2 aliphatic heterocycles.